The van der Waals surface area contributed by atoms with E-state index in [1.807, 2.05) is 29.5 Å². The molecule has 0 saturated heterocycles. The van der Waals surface area contributed by atoms with Crippen LogP contribution in [0.25, 0.3) is 10.2 Å². The molecule has 4 aromatic rings. The van der Waals surface area contributed by atoms with Gasteiger partial charge >= 0.3 is 0 Å². The van der Waals surface area contributed by atoms with E-state index < -0.39 is 0 Å². The molecule has 1 N–H and O–H groups in total. The maximum Gasteiger partial charge on any atom is 0.206 e. The molecule has 26 heavy (non-hydrogen) atoms. The van der Waals surface area contributed by atoms with Crippen LogP contribution in [0.3, 0.4) is 0 Å². The highest BCUT2D eigenvalue weighted by molar-refractivity contribution is 8.01. The van der Waals surface area contributed by atoms with Gasteiger partial charge in [0, 0.05) is 16.8 Å². The molecule has 8 heteroatoms. The fourth-order valence-electron chi connectivity index (χ4n) is 3.16. The minimum Gasteiger partial charge on any atom is -0.356 e. The van der Waals surface area contributed by atoms with Crippen molar-refractivity contribution in [2.75, 3.05) is 5.32 Å². The highest BCUT2D eigenvalue weighted by Gasteiger charge is 2.22. The fourth-order valence-corrected chi connectivity index (χ4v) is 6.23. The SMILES string of the molecule is c1ccc(CNc2nnc(Sc3ncnc4sc5c(c34)CCC5)s2)cc1. The number of nitrogens with one attached hydrogen (secondary N) is 1. The molecule has 1 aliphatic carbocycles. The number of anilines is 1. The van der Waals surface area contributed by atoms with Gasteiger partial charge in [0.25, 0.3) is 0 Å². The lowest BCUT2D eigenvalue weighted by atomic mass is 10.2. The lowest BCUT2D eigenvalue weighted by Crippen LogP contribution is -1.98. The smallest absolute Gasteiger partial charge is 0.206 e. The molecule has 0 unspecified atom stereocenters. The van der Waals surface area contributed by atoms with Gasteiger partial charge in [-0.25, -0.2) is 9.97 Å². The Morgan fingerprint density at radius 2 is 1.96 bits per heavy atom. The molecular formula is C18H15N5S3. The Labute approximate surface area is 162 Å². The molecule has 130 valence electrons. The summed E-state index contributed by atoms with van der Waals surface area (Å²) in [4.78, 5) is 11.6. The molecule has 0 amide bonds. The van der Waals surface area contributed by atoms with Crippen molar-refractivity contribution in [3.63, 3.8) is 0 Å². The molecule has 1 aromatic carbocycles. The van der Waals surface area contributed by atoms with Gasteiger partial charge in [-0.3, -0.25) is 0 Å². The van der Waals surface area contributed by atoms with Gasteiger partial charge in [-0.2, -0.15) is 0 Å². The summed E-state index contributed by atoms with van der Waals surface area (Å²) >= 11 is 4.97. The van der Waals surface area contributed by atoms with Crippen molar-refractivity contribution in [3.8, 4) is 0 Å². The highest BCUT2D eigenvalue weighted by atomic mass is 32.2. The van der Waals surface area contributed by atoms with Crippen LogP contribution in [0, 0.1) is 0 Å². The van der Waals surface area contributed by atoms with Crippen LogP contribution in [-0.2, 0) is 19.4 Å². The number of benzene rings is 1. The van der Waals surface area contributed by atoms with Crippen molar-refractivity contribution >= 4 is 49.8 Å². The second-order valence-corrected chi connectivity index (χ2v) is 9.33. The molecule has 0 bridgehead atoms. The lowest BCUT2D eigenvalue weighted by Gasteiger charge is -2.01. The number of hydrogen-bond donors (Lipinski definition) is 1. The van der Waals surface area contributed by atoms with E-state index in [2.05, 4.69) is 37.6 Å². The van der Waals surface area contributed by atoms with Crippen molar-refractivity contribution in [2.24, 2.45) is 0 Å². The topological polar surface area (TPSA) is 63.6 Å². The van der Waals surface area contributed by atoms with Crippen molar-refractivity contribution in [1.82, 2.24) is 20.2 Å². The van der Waals surface area contributed by atoms with Crippen LogP contribution in [0.4, 0.5) is 5.13 Å². The van der Waals surface area contributed by atoms with Gasteiger partial charge in [0.2, 0.25) is 5.13 Å². The summed E-state index contributed by atoms with van der Waals surface area (Å²) in [5.41, 5.74) is 2.67. The Kier molecular flexibility index (Phi) is 4.32. The van der Waals surface area contributed by atoms with E-state index in [0.29, 0.717) is 0 Å². The zero-order chi connectivity index (χ0) is 17.3. The van der Waals surface area contributed by atoms with Crippen LogP contribution in [0.5, 0.6) is 0 Å². The van der Waals surface area contributed by atoms with Crippen molar-refractivity contribution in [1.29, 1.82) is 0 Å². The van der Waals surface area contributed by atoms with E-state index in [0.717, 1.165) is 32.3 Å². The van der Waals surface area contributed by atoms with E-state index in [4.69, 9.17) is 0 Å². The number of nitrogens with zero attached hydrogens (tertiary/aromatic N) is 4. The van der Waals surface area contributed by atoms with Gasteiger partial charge in [0.1, 0.15) is 16.2 Å². The van der Waals surface area contributed by atoms with Crippen LogP contribution >= 0.6 is 34.4 Å². The average Bonchev–Trinajstić information content (AvgIpc) is 3.37. The van der Waals surface area contributed by atoms with E-state index in [9.17, 15) is 0 Å². The first kappa shape index (κ1) is 16.2. The van der Waals surface area contributed by atoms with Gasteiger partial charge in [-0.05, 0) is 42.2 Å². The van der Waals surface area contributed by atoms with E-state index >= 15 is 0 Å². The summed E-state index contributed by atoms with van der Waals surface area (Å²) in [6, 6.07) is 10.3. The third-order valence-electron chi connectivity index (χ3n) is 4.34. The molecule has 3 heterocycles. The molecule has 0 radical (unpaired) electrons. The largest absolute Gasteiger partial charge is 0.356 e. The number of rotatable bonds is 5. The van der Waals surface area contributed by atoms with Gasteiger partial charge < -0.3 is 5.32 Å². The molecule has 0 aliphatic heterocycles. The third kappa shape index (κ3) is 3.08. The van der Waals surface area contributed by atoms with Gasteiger partial charge in [0.05, 0.1) is 0 Å². The van der Waals surface area contributed by atoms with Crippen LogP contribution in [0.1, 0.15) is 22.4 Å². The minimum atomic E-state index is 0.746. The standard InChI is InChI=1S/C18H15N5S3/c1-2-5-11(6-3-1)9-19-17-22-23-18(26-17)25-16-14-12-7-4-8-13(12)24-15(14)20-10-21-16/h1-3,5-6,10H,4,7-9H2,(H,19,22). The van der Waals surface area contributed by atoms with Crippen molar-refractivity contribution in [2.45, 2.75) is 35.2 Å². The Hall–Kier alpha value is -2.03. The number of thiophene rings is 1. The van der Waals surface area contributed by atoms with Crippen LogP contribution in [0.15, 0.2) is 46.0 Å². The van der Waals surface area contributed by atoms with Gasteiger partial charge in [0.15, 0.2) is 4.34 Å². The first-order chi connectivity index (χ1) is 12.9. The Morgan fingerprint density at radius 3 is 2.88 bits per heavy atom. The van der Waals surface area contributed by atoms with Crippen LogP contribution in [-0.4, -0.2) is 20.2 Å². The zero-order valence-electron chi connectivity index (χ0n) is 13.8. The predicted octanol–water partition coefficient (Wildman–Crippen LogP) is 4.79. The lowest BCUT2D eigenvalue weighted by molar-refractivity contribution is 0.915. The second-order valence-electron chi connectivity index (χ2n) is 6.03. The van der Waals surface area contributed by atoms with Crippen LogP contribution in [0.2, 0.25) is 0 Å². The van der Waals surface area contributed by atoms with Gasteiger partial charge in [-0.15, -0.1) is 21.5 Å². The number of hydrogen-bond acceptors (Lipinski definition) is 8. The molecule has 0 saturated carbocycles. The number of aryl methyl sites for hydroxylation is 2. The number of fused-ring (bicyclic) bond motifs is 3. The summed E-state index contributed by atoms with van der Waals surface area (Å²) in [6.45, 7) is 0.746. The zero-order valence-corrected chi connectivity index (χ0v) is 16.3. The molecule has 0 fully saturated rings. The summed E-state index contributed by atoms with van der Waals surface area (Å²) in [5.74, 6) is 0. The maximum atomic E-state index is 4.53. The molecular weight excluding hydrogens is 382 g/mol. The van der Waals surface area contributed by atoms with Crippen molar-refractivity contribution < 1.29 is 0 Å². The Balaban J connectivity index is 1.36. The predicted molar refractivity (Wildman–Crippen MR) is 107 cm³/mol. The highest BCUT2D eigenvalue weighted by Crippen LogP contribution is 2.42. The quantitative estimate of drug-likeness (QED) is 0.488. The van der Waals surface area contributed by atoms with E-state index in [-0.39, 0.29) is 0 Å². The average molecular weight is 398 g/mol. The Morgan fingerprint density at radius 1 is 1.04 bits per heavy atom. The third-order valence-corrected chi connectivity index (χ3v) is 7.48. The number of aromatic nitrogens is 4. The minimum absolute atomic E-state index is 0.746. The first-order valence-corrected chi connectivity index (χ1v) is 10.9. The molecule has 0 atom stereocenters. The molecule has 5 nitrogen and oxygen atoms in total. The normalized spacial score (nSPS) is 13.2. The molecule has 0 spiro atoms. The maximum absolute atomic E-state index is 4.53. The van der Waals surface area contributed by atoms with Gasteiger partial charge in [-0.1, -0.05) is 41.7 Å². The van der Waals surface area contributed by atoms with E-state index in [1.165, 1.54) is 34.2 Å². The summed E-state index contributed by atoms with van der Waals surface area (Å²) in [6.07, 6.45) is 5.21. The summed E-state index contributed by atoms with van der Waals surface area (Å²) < 4.78 is 0.901. The summed E-state index contributed by atoms with van der Waals surface area (Å²) in [7, 11) is 0. The fraction of sp³-hybridized carbons (Fsp3) is 0.222. The second kappa shape index (κ2) is 6.94. The van der Waals surface area contributed by atoms with E-state index in [1.54, 1.807) is 29.4 Å². The monoisotopic (exact) mass is 397 g/mol. The summed E-state index contributed by atoms with van der Waals surface area (Å²) in [5, 5.41) is 15.0. The van der Waals surface area contributed by atoms with Crippen LogP contribution < -0.4 is 5.32 Å². The molecule has 1 aliphatic rings. The molecule has 3 aromatic heterocycles. The molecule has 5 rings (SSSR count). The van der Waals surface area contributed by atoms with Crippen molar-refractivity contribution in [3.05, 3.63) is 52.7 Å². The Bertz CT molecular complexity index is 1060. The first-order valence-electron chi connectivity index (χ1n) is 8.41.